The van der Waals surface area contributed by atoms with Crippen molar-refractivity contribution in [1.29, 1.82) is 0 Å². The summed E-state index contributed by atoms with van der Waals surface area (Å²) >= 11 is 0. The molecule has 0 bridgehead atoms. The minimum Gasteiger partial charge on any atom is -0.0616 e. The van der Waals surface area contributed by atoms with Crippen LogP contribution in [0.25, 0.3) is 21.9 Å². The van der Waals surface area contributed by atoms with Crippen LogP contribution in [0.1, 0.15) is 22.3 Å². The second-order valence-electron chi connectivity index (χ2n) is 5.68. The number of fused-ring (bicyclic) bond motifs is 1. The molecule has 0 heteroatoms. The maximum absolute atomic E-state index is 2.24. The summed E-state index contributed by atoms with van der Waals surface area (Å²) in [6.07, 6.45) is 0. The fraction of sp³-hybridized carbons (Fsp3) is 0.200. The van der Waals surface area contributed by atoms with Crippen LogP contribution in [0.5, 0.6) is 0 Å². The monoisotopic (exact) mass is 260 g/mol. The van der Waals surface area contributed by atoms with Crippen LogP contribution in [-0.4, -0.2) is 0 Å². The SMILES string of the molecule is Cc1ccc(C)c(-c2c(C)ccc3ccccc23)c1C. The van der Waals surface area contributed by atoms with Crippen LogP contribution in [0.3, 0.4) is 0 Å². The van der Waals surface area contributed by atoms with E-state index in [0.29, 0.717) is 0 Å². The molecule has 3 aromatic carbocycles. The van der Waals surface area contributed by atoms with Crippen molar-refractivity contribution in [3.8, 4) is 11.1 Å². The largest absolute Gasteiger partial charge is 0.0616 e. The second-order valence-corrected chi connectivity index (χ2v) is 5.68. The first-order valence-corrected chi connectivity index (χ1v) is 7.15. The fourth-order valence-electron chi connectivity index (χ4n) is 3.05. The van der Waals surface area contributed by atoms with Crippen LogP contribution in [0.2, 0.25) is 0 Å². The van der Waals surface area contributed by atoms with Gasteiger partial charge in [0.2, 0.25) is 0 Å². The van der Waals surface area contributed by atoms with Gasteiger partial charge in [0.25, 0.3) is 0 Å². The normalized spacial score (nSPS) is 11.0. The van der Waals surface area contributed by atoms with Crippen molar-refractivity contribution < 1.29 is 0 Å². The summed E-state index contributed by atoms with van der Waals surface area (Å²) in [4.78, 5) is 0. The second kappa shape index (κ2) is 4.79. The van der Waals surface area contributed by atoms with Crippen molar-refractivity contribution >= 4 is 10.8 Å². The molecule has 0 aliphatic heterocycles. The van der Waals surface area contributed by atoms with Gasteiger partial charge >= 0.3 is 0 Å². The molecule has 3 aromatic rings. The fourth-order valence-corrected chi connectivity index (χ4v) is 3.05. The molecule has 0 atom stereocenters. The summed E-state index contributed by atoms with van der Waals surface area (Å²) in [6, 6.07) is 17.6. The first-order chi connectivity index (χ1) is 9.59. The van der Waals surface area contributed by atoms with Crippen molar-refractivity contribution in [3.63, 3.8) is 0 Å². The van der Waals surface area contributed by atoms with Gasteiger partial charge < -0.3 is 0 Å². The average molecular weight is 260 g/mol. The van der Waals surface area contributed by atoms with Crippen LogP contribution in [0.4, 0.5) is 0 Å². The van der Waals surface area contributed by atoms with Crippen molar-refractivity contribution in [2.24, 2.45) is 0 Å². The van der Waals surface area contributed by atoms with Gasteiger partial charge in [-0.15, -0.1) is 0 Å². The number of aryl methyl sites for hydroxylation is 3. The van der Waals surface area contributed by atoms with E-state index >= 15 is 0 Å². The summed E-state index contributed by atoms with van der Waals surface area (Å²) < 4.78 is 0. The number of rotatable bonds is 1. The minimum atomic E-state index is 1.31. The highest BCUT2D eigenvalue weighted by molar-refractivity contribution is 5.99. The lowest BCUT2D eigenvalue weighted by molar-refractivity contribution is 1.29. The third-order valence-corrected chi connectivity index (χ3v) is 4.33. The predicted molar refractivity (Wildman–Crippen MR) is 88.3 cm³/mol. The van der Waals surface area contributed by atoms with E-state index in [9.17, 15) is 0 Å². The van der Waals surface area contributed by atoms with Crippen molar-refractivity contribution in [1.82, 2.24) is 0 Å². The van der Waals surface area contributed by atoms with Gasteiger partial charge in [-0.1, -0.05) is 48.5 Å². The highest BCUT2D eigenvalue weighted by atomic mass is 14.2. The summed E-state index contributed by atoms with van der Waals surface area (Å²) in [5.74, 6) is 0. The lowest BCUT2D eigenvalue weighted by atomic mass is 9.87. The van der Waals surface area contributed by atoms with Gasteiger partial charge in [0.1, 0.15) is 0 Å². The molecule has 0 heterocycles. The summed E-state index contributed by atoms with van der Waals surface area (Å²) in [7, 11) is 0. The van der Waals surface area contributed by atoms with Crippen LogP contribution >= 0.6 is 0 Å². The van der Waals surface area contributed by atoms with Crippen LogP contribution in [0.15, 0.2) is 48.5 Å². The third-order valence-electron chi connectivity index (χ3n) is 4.33. The van der Waals surface area contributed by atoms with E-state index < -0.39 is 0 Å². The van der Waals surface area contributed by atoms with Crippen LogP contribution < -0.4 is 0 Å². The zero-order valence-corrected chi connectivity index (χ0v) is 12.6. The molecule has 20 heavy (non-hydrogen) atoms. The van der Waals surface area contributed by atoms with Crippen molar-refractivity contribution in [2.45, 2.75) is 27.7 Å². The Hall–Kier alpha value is -2.08. The maximum atomic E-state index is 2.24. The summed E-state index contributed by atoms with van der Waals surface area (Å²) in [5.41, 5.74) is 8.25. The number of hydrogen-bond donors (Lipinski definition) is 0. The molecule has 0 unspecified atom stereocenters. The Kier molecular flexibility index (Phi) is 3.10. The van der Waals surface area contributed by atoms with Gasteiger partial charge in [-0.25, -0.2) is 0 Å². The van der Waals surface area contributed by atoms with Gasteiger partial charge in [0.05, 0.1) is 0 Å². The standard InChI is InChI=1S/C20H20/c1-13-9-10-14(2)19(16(13)4)20-15(3)11-12-17-7-5-6-8-18(17)20/h5-12H,1-4H3. The molecular formula is C20H20. The Labute approximate surface area is 121 Å². The minimum absolute atomic E-state index is 1.31. The van der Waals surface area contributed by atoms with E-state index in [1.165, 1.54) is 44.2 Å². The molecule has 3 rings (SSSR count). The Bertz CT molecular complexity index is 794. The van der Waals surface area contributed by atoms with E-state index in [4.69, 9.17) is 0 Å². The lowest BCUT2D eigenvalue weighted by Crippen LogP contribution is -1.94. The van der Waals surface area contributed by atoms with Gasteiger partial charge in [-0.05, 0) is 71.8 Å². The van der Waals surface area contributed by atoms with Crippen LogP contribution in [0, 0.1) is 27.7 Å². The molecule has 100 valence electrons. The van der Waals surface area contributed by atoms with Gasteiger partial charge in [-0.2, -0.15) is 0 Å². The quantitative estimate of drug-likeness (QED) is 0.523. The molecule has 0 aliphatic carbocycles. The zero-order valence-electron chi connectivity index (χ0n) is 12.6. The Balaban J connectivity index is 2.47. The third kappa shape index (κ3) is 1.92. The Morgan fingerprint density at radius 2 is 1.15 bits per heavy atom. The predicted octanol–water partition coefficient (Wildman–Crippen LogP) is 5.74. The number of benzene rings is 3. The van der Waals surface area contributed by atoms with Gasteiger partial charge in [0, 0.05) is 0 Å². The molecule has 0 N–H and O–H groups in total. The van der Waals surface area contributed by atoms with E-state index in [2.05, 4.69) is 76.2 Å². The molecule has 0 fully saturated rings. The molecule has 0 amide bonds. The van der Waals surface area contributed by atoms with Gasteiger partial charge in [0.15, 0.2) is 0 Å². The van der Waals surface area contributed by atoms with Crippen molar-refractivity contribution in [3.05, 3.63) is 70.8 Å². The first kappa shape index (κ1) is 12.9. The average Bonchev–Trinajstić information content (AvgIpc) is 2.45. The Morgan fingerprint density at radius 1 is 0.550 bits per heavy atom. The zero-order chi connectivity index (χ0) is 14.3. The van der Waals surface area contributed by atoms with E-state index in [1.54, 1.807) is 0 Å². The number of hydrogen-bond acceptors (Lipinski definition) is 0. The molecule has 0 aromatic heterocycles. The highest BCUT2D eigenvalue weighted by Gasteiger charge is 2.13. The molecular weight excluding hydrogens is 240 g/mol. The first-order valence-electron chi connectivity index (χ1n) is 7.15. The van der Waals surface area contributed by atoms with E-state index in [-0.39, 0.29) is 0 Å². The molecule has 0 aliphatic rings. The molecule has 0 radical (unpaired) electrons. The van der Waals surface area contributed by atoms with Gasteiger partial charge in [-0.3, -0.25) is 0 Å². The summed E-state index contributed by atoms with van der Waals surface area (Å²) in [5, 5.41) is 2.66. The molecule has 0 spiro atoms. The lowest BCUT2D eigenvalue weighted by Gasteiger charge is -2.17. The van der Waals surface area contributed by atoms with E-state index in [0.717, 1.165) is 0 Å². The molecule has 0 nitrogen and oxygen atoms in total. The van der Waals surface area contributed by atoms with Crippen molar-refractivity contribution in [2.75, 3.05) is 0 Å². The highest BCUT2D eigenvalue weighted by Crippen LogP contribution is 2.36. The Morgan fingerprint density at radius 3 is 1.95 bits per heavy atom. The smallest absolute Gasteiger partial charge is 0.00707 e. The topological polar surface area (TPSA) is 0 Å². The molecule has 0 saturated heterocycles. The summed E-state index contributed by atoms with van der Waals surface area (Å²) in [6.45, 7) is 8.85. The molecule has 0 saturated carbocycles. The van der Waals surface area contributed by atoms with Crippen LogP contribution in [-0.2, 0) is 0 Å². The van der Waals surface area contributed by atoms with E-state index in [1.807, 2.05) is 0 Å². The maximum Gasteiger partial charge on any atom is -0.00707 e.